The zero-order valence-corrected chi connectivity index (χ0v) is 11.8. The Morgan fingerprint density at radius 2 is 2.06 bits per heavy atom. The van der Waals surface area contributed by atoms with Crippen LogP contribution in [-0.4, -0.2) is 13.2 Å². The highest BCUT2D eigenvalue weighted by molar-refractivity contribution is 9.10. The molecule has 0 aliphatic heterocycles. The first kappa shape index (κ1) is 15.3. The number of hydroxylamine groups is 1. The molecule has 0 aliphatic carbocycles. The predicted molar refractivity (Wildman–Crippen MR) is 68.4 cm³/mol. The number of benzene rings is 1. The number of hydrogen-bond donors (Lipinski definition) is 1. The highest BCUT2D eigenvalue weighted by atomic mass is 79.9. The molecule has 6 heteroatoms. The summed E-state index contributed by atoms with van der Waals surface area (Å²) in [5.74, 6) is 0.547. The fraction of sp³-hybridized carbons (Fsp3) is 0.500. The number of ether oxygens (including phenoxy) is 1. The monoisotopic (exact) mass is 323 g/mol. The summed E-state index contributed by atoms with van der Waals surface area (Å²) >= 11 is 3.28. The van der Waals surface area contributed by atoms with Crippen LogP contribution in [0.25, 0.3) is 0 Å². The average molecular weight is 324 g/mol. The van der Waals surface area contributed by atoms with E-state index in [2.05, 4.69) is 26.1 Å². The van der Waals surface area contributed by atoms with Gasteiger partial charge in [-0.25, -0.2) is 0 Å². The van der Waals surface area contributed by atoms with Crippen molar-refractivity contribution in [2.45, 2.75) is 27.0 Å². The normalized spacial score (nSPS) is 11.3. The highest BCUT2D eigenvalue weighted by Gasteiger charge is 2.10. The Morgan fingerprint density at radius 3 is 2.67 bits per heavy atom. The molecule has 1 rings (SSSR count). The van der Waals surface area contributed by atoms with E-state index in [1.54, 1.807) is 12.1 Å². The highest BCUT2D eigenvalue weighted by Crippen LogP contribution is 2.24. The van der Waals surface area contributed by atoms with E-state index in [1.165, 1.54) is 6.07 Å². The molecule has 0 atom stereocenters. The Bertz CT molecular complexity index is 375. The Kier molecular flexibility index (Phi) is 6.52. The zero-order valence-electron chi connectivity index (χ0n) is 10.3. The summed E-state index contributed by atoms with van der Waals surface area (Å²) in [6.45, 7) is 2.06. The third-order valence-corrected chi connectivity index (χ3v) is 2.51. The maximum atomic E-state index is 12.2. The Balaban J connectivity index is 2.58. The molecule has 3 nitrogen and oxygen atoms in total. The van der Waals surface area contributed by atoms with Crippen LogP contribution in [-0.2, 0) is 11.4 Å². The minimum absolute atomic E-state index is 0.147. The Morgan fingerprint density at radius 1 is 1.33 bits per heavy atom. The molecule has 18 heavy (non-hydrogen) atoms. The van der Waals surface area contributed by atoms with Crippen LogP contribution in [0.3, 0.4) is 0 Å². The molecule has 0 aliphatic rings. The lowest BCUT2D eigenvalue weighted by Gasteiger charge is -2.12. The van der Waals surface area contributed by atoms with Crippen molar-refractivity contribution in [1.29, 1.82) is 0 Å². The summed E-state index contributed by atoms with van der Waals surface area (Å²) in [7, 11) is 0. The van der Waals surface area contributed by atoms with E-state index in [0.29, 0.717) is 24.6 Å². The first-order valence-electron chi connectivity index (χ1n) is 5.57. The van der Waals surface area contributed by atoms with Gasteiger partial charge in [0.2, 0.25) is 0 Å². The van der Waals surface area contributed by atoms with E-state index in [1.807, 2.05) is 13.8 Å². The van der Waals surface area contributed by atoms with Crippen molar-refractivity contribution in [2.75, 3.05) is 6.61 Å². The maximum Gasteiger partial charge on any atom is 0.387 e. The van der Waals surface area contributed by atoms with Crippen LogP contribution < -0.4 is 10.2 Å². The van der Waals surface area contributed by atoms with Crippen molar-refractivity contribution in [3.8, 4) is 5.75 Å². The van der Waals surface area contributed by atoms with Crippen LogP contribution in [0.4, 0.5) is 8.78 Å². The fourth-order valence-corrected chi connectivity index (χ4v) is 1.66. The molecule has 0 aromatic heterocycles. The molecule has 0 spiro atoms. The van der Waals surface area contributed by atoms with Gasteiger partial charge in [0.15, 0.2) is 0 Å². The second-order valence-electron chi connectivity index (χ2n) is 4.16. The van der Waals surface area contributed by atoms with Gasteiger partial charge in [-0.1, -0.05) is 29.8 Å². The second kappa shape index (κ2) is 7.66. The van der Waals surface area contributed by atoms with Gasteiger partial charge in [-0.05, 0) is 24.1 Å². The van der Waals surface area contributed by atoms with E-state index in [9.17, 15) is 8.78 Å². The minimum atomic E-state index is -2.83. The number of rotatable bonds is 7. The summed E-state index contributed by atoms with van der Waals surface area (Å²) in [6.07, 6.45) is 0. The Hall–Kier alpha value is -0.720. The molecule has 1 aromatic carbocycles. The lowest BCUT2D eigenvalue weighted by molar-refractivity contribution is -0.0512. The molecule has 1 N–H and O–H groups in total. The summed E-state index contributed by atoms with van der Waals surface area (Å²) < 4.78 is 29.6. The average Bonchev–Trinajstić information content (AvgIpc) is 2.27. The molecule has 0 amide bonds. The third kappa shape index (κ3) is 5.75. The smallest absolute Gasteiger partial charge is 0.387 e. The van der Waals surface area contributed by atoms with Gasteiger partial charge in [-0.3, -0.25) is 0 Å². The van der Waals surface area contributed by atoms with Crippen LogP contribution in [0, 0.1) is 5.92 Å². The number of hydrogen-bond acceptors (Lipinski definition) is 3. The van der Waals surface area contributed by atoms with Crippen molar-refractivity contribution < 1.29 is 18.4 Å². The molecule has 0 saturated carbocycles. The summed E-state index contributed by atoms with van der Waals surface area (Å²) in [4.78, 5) is 5.19. The molecule has 0 saturated heterocycles. The van der Waals surface area contributed by atoms with Crippen LogP contribution in [0.1, 0.15) is 19.4 Å². The lowest BCUT2D eigenvalue weighted by Crippen LogP contribution is -2.18. The van der Waals surface area contributed by atoms with Crippen molar-refractivity contribution in [3.05, 3.63) is 28.2 Å². The first-order valence-corrected chi connectivity index (χ1v) is 6.36. The molecule has 0 unspecified atom stereocenters. The van der Waals surface area contributed by atoms with E-state index in [4.69, 9.17) is 4.84 Å². The molecule has 0 heterocycles. The quantitative estimate of drug-likeness (QED) is 0.612. The molecular formula is C12H16BrF2NO2. The van der Waals surface area contributed by atoms with E-state index < -0.39 is 6.61 Å². The molecular weight excluding hydrogens is 308 g/mol. The van der Waals surface area contributed by atoms with Crippen molar-refractivity contribution in [2.24, 2.45) is 5.92 Å². The van der Waals surface area contributed by atoms with Crippen LogP contribution in [0.15, 0.2) is 22.7 Å². The van der Waals surface area contributed by atoms with E-state index >= 15 is 0 Å². The summed E-state index contributed by atoms with van der Waals surface area (Å²) in [5.41, 5.74) is 3.33. The molecule has 0 bridgehead atoms. The van der Waals surface area contributed by atoms with Crippen LogP contribution >= 0.6 is 15.9 Å². The zero-order chi connectivity index (χ0) is 13.5. The SMILES string of the molecule is CC(C)CONCc1cc(Br)ccc1OC(F)F. The van der Waals surface area contributed by atoms with Crippen molar-refractivity contribution in [1.82, 2.24) is 5.48 Å². The van der Waals surface area contributed by atoms with E-state index in [-0.39, 0.29) is 5.75 Å². The maximum absolute atomic E-state index is 12.2. The largest absolute Gasteiger partial charge is 0.434 e. The molecule has 1 aromatic rings. The van der Waals surface area contributed by atoms with Gasteiger partial charge in [-0.2, -0.15) is 14.3 Å². The van der Waals surface area contributed by atoms with Gasteiger partial charge in [0, 0.05) is 16.6 Å². The van der Waals surface area contributed by atoms with Gasteiger partial charge in [0.1, 0.15) is 5.75 Å². The molecule has 0 fully saturated rings. The number of nitrogens with one attached hydrogen (secondary N) is 1. The second-order valence-corrected chi connectivity index (χ2v) is 5.07. The molecule has 0 radical (unpaired) electrons. The fourth-order valence-electron chi connectivity index (χ4n) is 1.25. The van der Waals surface area contributed by atoms with Gasteiger partial charge in [-0.15, -0.1) is 0 Å². The predicted octanol–water partition coefficient (Wildman–Crippen LogP) is 3.73. The van der Waals surface area contributed by atoms with Crippen molar-refractivity contribution >= 4 is 15.9 Å². The van der Waals surface area contributed by atoms with Gasteiger partial charge in [0.25, 0.3) is 0 Å². The lowest BCUT2D eigenvalue weighted by atomic mass is 10.2. The van der Waals surface area contributed by atoms with Crippen LogP contribution in [0.2, 0.25) is 0 Å². The third-order valence-electron chi connectivity index (χ3n) is 2.02. The van der Waals surface area contributed by atoms with Gasteiger partial charge < -0.3 is 9.57 Å². The van der Waals surface area contributed by atoms with Crippen LogP contribution in [0.5, 0.6) is 5.75 Å². The van der Waals surface area contributed by atoms with Gasteiger partial charge >= 0.3 is 6.61 Å². The van der Waals surface area contributed by atoms with Gasteiger partial charge in [0.05, 0.1) is 6.61 Å². The van der Waals surface area contributed by atoms with E-state index in [0.717, 1.165) is 4.47 Å². The molecule has 102 valence electrons. The number of alkyl halides is 2. The first-order chi connectivity index (χ1) is 8.49. The summed E-state index contributed by atoms with van der Waals surface area (Å²) in [5, 5.41) is 0. The van der Waals surface area contributed by atoms with Crippen molar-refractivity contribution in [3.63, 3.8) is 0 Å². The topological polar surface area (TPSA) is 30.5 Å². The summed E-state index contributed by atoms with van der Waals surface area (Å²) in [6, 6.07) is 4.86. The minimum Gasteiger partial charge on any atom is -0.434 e. The Labute approximate surface area is 114 Å². The number of halogens is 3. The standard InChI is InChI=1S/C12H16BrF2NO2/c1-8(2)7-17-16-6-9-5-10(13)3-4-11(9)18-12(14)15/h3-5,8,12,16H,6-7H2,1-2H3.